The number of rotatable bonds is 4. The second-order valence-corrected chi connectivity index (χ2v) is 4.46. The molecule has 1 aliphatic rings. The van der Waals surface area contributed by atoms with Gasteiger partial charge in [0.05, 0.1) is 0 Å². The number of halogens is 2. The quantitative estimate of drug-likeness (QED) is 0.821. The predicted molar refractivity (Wildman–Crippen MR) is 58.8 cm³/mol. The summed E-state index contributed by atoms with van der Waals surface area (Å²) in [5, 5.41) is 3.13. The first-order chi connectivity index (χ1) is 7.65. The lowest BCUT2D eigenvalue weighted by molar-refractivity contribution is 0.255. The summed E-state index contributed by atoms with van der Waals surface area (Å²) in [7, 11) is 0. The maximum Gasteiger partial charge on any atom is 0.127 e. The lowest BCUT2D eigenvalue weighted by Gasteiger charge is -2.32. The van der Waals surface area contributed by atoms with E-state index < -0.39 is 5.82 Å². The molecule has 88 valence electrons. The maximum absolute atomic E-state index is 13.2. The Morgan fingerprint density at radius 1 is 1.31 bits per heavy atom. The number of nitrogens with two attached hydrogens (primary N) is 1. The van der Waals surface area contributed by atoms with E-state index >= 15 is 0 Å². The summed E-state index contributed by atoms with van der Waals surface area (Å²) in [5.74, 6) is -0.172. The zero-order chi connectivity index (χ0) is 11.5. The molecule has 0 unspecified atom stereocenters. The van der Waals surface area contributed by atoms with Crippen LogP contribution in [-0.2, 0) is 6.54 Å². The molecule has 0 atom stereocenters. The predicted octanol–water partition coefficient (Wildman–Crippen LogP) is 1.79. The first kappa shape index (κ1) is 11.5. The molecule has 0 aliphatic heterocycles. The fraction of sp³-hybridized carbons (Fsp3) is 0.500. The molecule has 2 nitrogen and oxygen atoms in total. The molecule has 16 heavy (non-hydrogen) atoms. The molecule has 4 heteroatoms. The van der Waals surface area contributed by atoms with Gasteiger partial charge in [0.1, 0.15) is 11.6 Å². The number of nitrogens with one attached hydrogen (secondary N) is 1. The van der Waals surface area contributed by atoms with Gasteiger partial charge in [0.2, 0.25) is 0 Å². The second kappa shape index (κ2) is 4.89. The van der Waals surface area contributed by atoms with Gasteiger partial charge in [-0.25, -0.2) is 8.78 Å². The van der Waals surface area contributed by atoms with Crippen molar-refractivity contribution in [1.29, 1.82) is 0 Å². The monoisotopic (exact) mass is 226 g/mol. The molecule has 0 radical (unpaired) electrons. The summed E-state index contributed by atoms with van der Waals surface area (Å²) in [4.78, 5) is 0. The van der Waals surface area contributed by atoms with Gasteiger partial charge in [-0.05, 0) is 43.5 Å². The van der Waals surface area contributed by atoms with Gasteiger partial charge in [0.25, 0.3) is 0 Å². The van der Waals surface area contributed by atoms with E-state index in [1.165, 1.54) is 6.07 Å². The van der Waals surface area contributed by atoms with Crippen molar-refractivity contribution in [1.82, 2.24) is 5.32 Å². The second-order valence-electron chi connectivity index (χ2n) is 4.46. The van der Waals surface area contributed by atoms with Crippen LogP contribution in [0.3, 0.4) is 0 Å². The van der Waals surface area contributed by atoms with Crippen LogP contribution in [0.5, 0.6) is 0 Å². The summed E-state index contributed by atoms with van der Waals surface area (Å²) in [6.45, 7) is 1.19. The Morgan fingerprint density at radius 3 is 2.75 bits per heavy atom. The van der Waals surface area contributed by atoms with Crippen LogP contribution in [0.15, 0.2) is 18.2 Å². The molecule has 0 bridgehead atoms. The fourth-order valence-electron chi connectivity index (χ4n) is 2.04. The van der Waals surface area contributed by atoms with Gasteiger partial charge >= 0.3 is 0 Å². The molecule has 1 aromatic rings. The van der Waals surface area contributed by atoms with Crippen LogP contribution in [0.25, 0.3) is 0 Å². The standard InChI is InChI=1S/C12H16F2N2/c13-10-1-2-12(14)9(5-10)7-16-6-8-3-11(15)4-8/h1-2,5,8,11,16H,3-4,6-7,15H2. The molecule has 0 spiro atoms. The Labute approximate surface area is 93.8 Å². The van der Waals surface area contributed by atoms with Gasteiger partial charge < -0.3 is 11.1 Å². The average molecular weight is 226 g/mol. The molecular formula is C12H16F2N2. The van der Waals surface area contributed by atoms with Crippen molar-refractivity contribution in [2.45, 2.75) is 25.4 Å². The van der Waals surface area contributed by atoms with Crippen molar-refractivity contribution in [3.8, 4) is 0 Å². The summed E-state index contributed by atoms with van der Waals surface area (Å²) >= 11 is 0. The third-order valence-corrected chi connectivity index (χ3v) is 3.03. The Bertz CT molecular complexity index is 362. The normalized spacial score (nSPS) is 24.2. The van der Waals surface area contributed by atoms with Gasteiger partial charge in [-0.2, -0.15) is 0 Å². The van der Waals surface area contributed by atoms with E-state index in [1.54, 1.807) is 0 Å². The van der Waals surface area contributed by atoms with Crippen LogP contribution in [0.1, 0.15) is 18.4 Å². The lowest BCUT2D eigenvalue weighted by atomic mass is 9.81. The first-order valence-corrected chi connectivity index (χ1v) is 5.55. The number of benzene rings is 1. The molecular weight excluding hydrogens is 210 g/mol. The van der Waals surface area contributed by atoms with Crippen LogP contribution >= 0.6 is 0 Å². The largest absolute Gasteiger partial charge is 0.328 e. The molecule has 1 aliphatic carbocycles. The van der Waals surface area contributed by atoms with E-state index in [2.05, 4.69) is 5.32 Å². The average Bonchev–Trinajstić information content (AvgIpc) is 2.20. The van der Waals surface area contributed by atoms with Gasteiger partial charge in [-0.3, -0.25) is 0 Å². The van der Waals surface area contributed by atoms with Crippen LogP contribution in [-0.4, -0.2) is 12.6 Å². The van der Waals surface area contributed by atoms with E-state index in [9.17, 15) is 8.78 Å². The molecule has 2 rings (SSSR count). The van der Waals surface area contributed by atoms with E-state index in [0.717, 1.165) is 31.5 Å². The third-order valence-electron chi connectivity index (χ3n) is 3.03. The van der Waals surface area contributed by atoms with Gasteiger partial charge in [0, 0.05) is 18.2 Å². The van der Waals surface area contributed by atoms with E-state index in [0.29, 0.717) is 24.1 Å². The van der Waals surface area contributed by atoms with E-state index in [-0.39, 0.29) is 5.82 Å². The molecule has 0 aromatic heterocycles. The van der Waals surface area contributed by atoms with E-state index in [4.69, 9.17) is 5.73 Å². The third kappa shape index (κ3) is 2.77. The Hall–Kier alpha value is -1.00. The highest BCUT2D eigenvalue weighted by molar-refractivity contribution is 5.18. The van der Waals surface area contributed by atoms with Gasteiger partial charge in [-0.1, -0.05) is 0 Å². The van der Waals surface area contributed by atoms with Crippen molar-refractivity contribution in [3.05, 3.63) is 35.4 Å². The lowest BCUT2D eigenvalue weighted by Crippen LogP contribution is -2.41. The van der Waals surface area contributed by atoms with Crippen molar-refractivity contribution in [2.75, 3.05) is 6.54 Å². The maximum atomic E-state index is 13.2. The molecule has 0 heterocycles. The molecule has 0 saturated heterocycles. The van der Waals surface area contributed by atoms with E-state index in [1.807, 2.05) is 0 Å². The minimum absolute atomic E-state index is 0.331. The minimum Gasteiger partial charge on any atom is -0.328 e. The molecule has 1 saturated carbocycles. The zero-order valence-corrected chi connectivity index (χ0v) is 9.05. The SMILES string of the molecule is NC1CC(CNCc2cc(F)ccc2F)C1. The molecule has 0 amide bonds. The highest BCUT2D eigenvalue weighted by Crippen LogP contribution is 2.24. The van der Waals surface area contributed by atoms with Gasteiger partial charge in [0.15, 0.2) is 0 Å². The Balaban J connectivity index is 1.78. The van der Waals surface area contributed by atoms with Crippen LogP contribution in [0, 0.1) is 17.6 Å². The zero-order valence-electron chi connectivity index (χ0n) is 9.05. The molecule has 3 N–H and O–H groups in total. The van der Waals surface area contributed by atoms with Crippen LogP contribution in [0.2, 0.25) is 0 Å². The van der Waals surface area contributed by atoms with Crippen molar-refractivity contribution in [2.24, 2.45) is 11.7 Å². The van der Waals surface area contributed by atoms with Crippen molar-refractivity contribution in [3.63, 3.8) is 0 Å². The fourth-order valence-corrected chi connectivity index (χ4v) is 2.04. The van der Waals surface area contributed by atoms with Crippen LogP contribution in [0.4, 0.5) is 8.78 Å². The Morgan fingerprint density at radius 2 is 2.06 bits per heavy atom. The molecule has 1 fully saturated rings. The molecule has 1 aromatic carbocycles. The van der Waals surface area contributed by atoms with Crippen LogP contribution < -0.4 is 11.1 Å². The van der Waals surface area contributed by atoms with Crippen molar-refractivity contribution >= 4 is 0 Å². The smallest absolute Gasteiger partial charge is 0.127 e. The Kier molecular flexibility index (Phi) is 3.51. The summed E-state index contributed by atoms with van der Waals surface area (Å²) in [6, 6.07) is 3.85. The highest BCUT2D eigenvalue weighted by atomic mass is 19.1. The minimum atomic E-state index is -0.399. The summed E-state index contributed by atoms with van der Waals surface area (Å²) in [6.07, 6.45) is 2.05. The van der Waals surface area contributed by atoms with Crippen molar-refractivity contribution < 1.29 is 8.78 Å². The summed E-state index contributed by atoms with van der Waals surface area (Å²) in [5.41, 5.74) is 6.04. The topological polar surface area (TPSA) is 38.0 Å². The summed E-state index contributed by atoms with van der Waals surface area (Å²) < 4.78 is 26.1. The highest BCUT2D eigenvalue weighted by Gasteiger charge is 2.25. The van der Waals surface area contributed by atoms with Gasteiger partial charge in [-0.15, -0.1) is 0 Å². The first-order valence-electron chi connectivity index (χ1n) is 5.55. The number of hydrogen-bond donors (Lipinski definition) is 2. The number of hydrogen-bond acceptors (Lipinski definition) is 2.